The quantitative estimate of drug-likeness (QED) is 0.596. The first-order valence-electron chi connectivity index (χ1n) is 2.67. The summed E-state index contributed by atoms with van der Waals surface area (Å²) in [5, 5.41) is 0. The highest BCUT2D eigenvalue weighted by Crippen LogP contribution is 2.08. The lowest BCUT2D eigenvalue weighted by Crippen LogP contribution is -1.87. The van der Waals surface area contributed by atoms with E-state index in [0.717, 1.165) is 11.5 Å². The molecular formula is C5H7NO2S. The third-order valence-corrected chi connectivity index (χ3v) is 1.40. The third kappa shape index (κ3) is 1.38. The first kappa shape index (κ1) is 6.48. The third-order valence-electron chi connectivity index (χ3n) is 0.892. The van der Waals surface area contributed by atoms with Gasteiger partial charge in [0.25, 0.3) is 0 Å². The van der Waals surface area contributed by atoms with E-state index >= 15 is 0 Å². The normalized spacial score (nSPS) is 10.6. The number of aromatic nitrogens is 1. The number of hydrogen-bond acceptors (Lipinski definition) is 4. The summed E-state index contributed by atoms with van der Waals surface area (Å²) in [5.74, 6) is 0.744. The van der Waals surface area contributed by atoms with E-state index in [0.29, 0.717) is 5.89 Å². The minimum Gasteiger partial charge on any atom is -0.398 e. The SMILES string of the molecule is CC(C)c1nsc(=O)o1. The molecule has 1 heterocycles. The Morgan fingerprint density at radius 3 is 2.56 bits per heavy atom. The molecule has 0 unspecified atom stereocenters. The lowest BCUT2D eigenvalue weighted by molar-refractivity contribution is 0.447. The molecule has 0 atom stereocenters. The van der Waals surface area contributed by atoms with Gasteiger partial charge in [0, 0.05) is 17.5 Å². The summed E-state index contributed by atoms with van der Waals surface area (Å²) in [6, 6.07) is 0. The zero-order valence-electron chi connectivity index (χ0n) is 5.25. The van der Waals surface area contributed by atoms with E-state index in [1.807, 2.05) is 13.8 Å². The Morgan fingerprint density at radius 2 is 2.33 bits per heavy atom. The largest absolute Gasteiger partial charge is 0.414 e. The monoisotopic (exact) mass is 145 g/mol. The molecule has 0 spiro atoms. The van der Waals surface area contributed by atoms with Gasteiger partial charge in [-0.1, -0.05) is 13.8 Å². The van der Waals surface area contributed by atoms with Gasteiger partial charge in [-0.15, -0.1) is 0 Å². The maximum Gasteiger partial charge on any atom is 0.414 e. The van der Waals surface area contributed by atoms with Crippen molar-refractivity contribution in [2.75, 3.05) is 0 Å². The molecule has 0 saturated carbocycles. The molecule has 9 heavy (non-hydrogen) atoms. The van der Waals surface area contributed by atoms with E-state index in [-0.39, 0.29) is 10.9 Å². The van der Waals surface area contributed by atoms with Gasteiger partial charge >= 0.3 is 4.94 Å². The van der Waals surface area contributed by atoms with Crippen LogP contribution in [0.3, 0.4) is 0 Å². The molecule has 0 N–H and O–H groups in total. The summed E-state index contributed by atoms with van der Waals surface area (Å²) >= 11 is 0.861. The van der Waals surface area contributed by atoms with Crippen molar-refractivity contribution in [1.29, 1.82) is 0 Å². The van der Waals surface area contributed by atoms with Crippen LogP contribution in [0.2, 0.25) is 0 Å². The topological polar surface area (TPSA) is 43.1 Å². The summed E-state index contributed by atoms with van der Waals surface area (Å²) in [7, 11) is 0. The van der Waals surface area contributed by atoms with Crippen molar-refractivity contribution in [1.82, 2.24) is 4.37 Å². The zero-order chi connectivity index (χ0) is 6.85. The van der Waals surface area contributed by atoms with Crippen molar-refractivity contribution in [3.05, 3.63) is 15.6 Å². The number of hydrogen-bond donors (Lipinski definition) is 0. The van der Waals surface area contributed by atoms with Crippen molar-refractivity contribution in [3.8, 4) is 0 Å². The molecular weight excluding hydrogens is 138 g/mol. The van der Waals surface area contributed by atoms with Crippen molar-refractivity contribution in [2.45, 2.75) is 19.8 Å². The second-order valence-corrected chi connectivity index (χ2v) is 2.73. The van der Waals surface area contributed by atoms with Gasteiger partial charge in [0.2, 0.25) is 5.89 Å². The molecule has 0 aromatic carbocycles. The summed E-state index contributed by atoms with van der Waals surface area (Å²) < 4.78 is 8.47. The smallest absolute Gasteiger partial charge is 0.398 e. The van der Waals surface area contributed by atoms with Crippen LogP contribution in [0.25, 0.3) is 0 Å². The first-order valence-corrected chi connectivity index (χ1v) is 3.44. The van der Waals surface area contributed by atoms with Gasteiger partial charge in [0.1, 0.15) is 0 Å². The fourth-order valence-corrected chi connectivity index (χ4v) is 0.963. The van der Waals surface area contributed by atoms with Gasteiger partial charge in [-0.3, -0.25) is 0 Å². The van der Waals surface area contributed by atoms with Crippen molar-refractivity contribution in [2.24, 2.45) is 0 Å². The summed E-state index contributed by atoms with van der Waals surface area (Å²) in [4.78, 5) is 10.1. The molecule has 0 aliphatic carbocycles. The van der Waals surface area contributed by atoms with Crippen molar-refractivity contribution in [3.63, 3.8) is 0 Å². The predicted molar refractivity (Wildman–Crippen MR) is 34.7 cm³/mol. The fourth-order valence-electron chi connectivity index (χ4n) is 0.428. The minimum absolute atomic E-state index is 0.212. The van der Waals surface area contributed by atoms with Crippen LogP contribution in [0.4, 0.5) is 0 Å². The Labute approximate surface area is 56.5 Å². The van der Waals surface area contributed by atoms with Crippen LogP contribution in [0, 0.1) is 0 Å². The predicted octanol–water partition coefficient (Wildman–Crippen LogP) is 1.22. The first-order chi connectivity index (χ1) is 4.20. The van der Waals surface area contributed by atoms with Crippen LogP contribution in [-0.4, -0.2) is 4.37 Å². The molecule has 4 heteroatoms. The standard InChI is InChI=1S/C5H7NO2S/c1-3(2)4-6-9-5(7)8-4/h3H,1-2H3. The van der Waals surface area contributed by atoms with Crippen molar-refractivity contribution < 1.29 is 4.42 Å². The van der Waals surface area contributed by atoms with Crippen LogP contribution in [0.15, 0.2) is 9.21 Å². The summed E-state index contributed by atoms with van der Waals surface area (Å²) in [5.41, 5.74) is 0. The second-order valence-electron chi connectivity index (χ2n) is 2.03. The van der Waals surface area contributed by atoms with Gasteiger partial charge in [-0.05, 0) is 0 Å². The number of nitrogens with zero attached hydrogens (tertiary/aromatic N) is 1. The molecule has 0 bridgehead atoms. The molecule has 0 saturated heterocycles. The van der Waals surface area contributed by atoms with E-state index in [4.69, 9.17) is 4.42 Å². The highest BCUT2D eigenvalue weighted by Gasteiger charge is 2.04. The summed E-state index contributed by atoms with van der Waals surface area (Å²) in [6.45, 7) is 3.86. The van der Waals surface area contributed by atoms with E-state index in [1.54, 1.807) is 0 Å². The Morgan fingerprint density at radius 1 is 1.67 bits per heavy atom. The highest BCUT2D eigenvalue weighted by molar-refractivity contribution is 7.02. The fraction of sp³-hybridized carbons (Fsp3) is 0.600. The van der Waals surface area contributed by atoms with E-state index in [2.05, 4.69) is 4.37 Å². The Kier molecular flexibility index (Phi) is 1.66. The Bertz CT molecular complexity index is 237. The second kappa shape index (κ2) is 2.31. The molecule has 0 aliphatic rings. The van der Waals surface area contributed by atoms with Gasteiger partial charge in [0.05, 0.1) is 0 Å². The minimum atomic E-state index is -0.321. The average Bonchev–Trinajstić information content (AvgIpc) is 2.14. The molecule has 0 radical (unpaired) electrons. The van der Waals surface area contributed by atoms with Crippen LogP contribution < -0.4 is 4.94 Å². The van der Waals surface area contributed by atoms with Crippen LogP contribution in [0.5, 0.6) is 0 Å². The molecule has 0 aliphatic heterocycles. The van der Waals surface area contributed by atoms with E-state index in [9.17, 15) is 4.79 Å². The molecule has 0 fully saturated rings. The molecule has 1 rings (SSSR count). The molecule has 0 amide bonds. The maximum atomic E-state index is 10.4. The van der Waals surface area contributed by atoms with Gasteiger partial charge in [-0.25, -0.2) is 4.79 Å². The van der Waals surface area contributed by atoms with E-state index < -0.39 is 0 Å². The Balaban J connectivity index is 2.98. The van der Waals surface area contributed by atoms with Gasteiger partial charge in [0.15, 0.2) is 0 Å². The zero-order valence-corrected chi connectivity index (χ0v) is 6.07. The lowest BCUT2D eigenvalue weighted by Gasteiger charge is -1.91. The number of rotatable bonds is 1. The van der Waals surface area contributed by atoms with Crippen LogP contribution in [-0.2, 0) is 0 Å². The Hall–Kier alpha value is -0.640. The van der Waals surface area contributed by atoms with Crippen LogP contribution >= 0.6 is 11.5 Å². The average molecular weight is 145 g/mol. The van der Waals surface area contributed by atoms with Gasteiger partial charge < -0.3 is 4.42 Å². The van der Waals surface area contributed by atoms with E-state index in [1.165, 1.54) is 0 Å². The maximum absolute atomic E-state index is 10.4. The van der Waals surface area contributed by atoms with Crippen molar-refractivity contribution >= 4 is 11.5 Å². The molecule has 1 aromatic heterocycles. The van der Waals surface area contributed by atoms with Gasteiger partial charge in [-0.2, -0.15) is 4.37 Å². The van der Waals surface area contributed by atoms with Crippen LogP contribution in [0.1, 0.15) is 25.7 Å². The molecule has 3 nitrogen and oxygen atoms in total. The molecule has 50 valence electrons. The molecule has 1 aromatic rings. The summed E-state index contributed by atoms with van der Waals surface area (Å²) in [6.07, 6.45) is 0. The lowest BCUT2D eigenvalue weighted by atomic mass is 10.2. The highest BCUT2D eigenvalue weighted by atomic mass is 32.1.